The van der Waals surface area contributed by atoms with E-state index < -0.39 is 9.84 Å². The molecule has 0 amide bonds. The minimum atomic E-state index is -3.27. The van der Waals surface area contributed by atoms with E-state index in [1.807, 2.05) is 12.1 Å². The van der Waals surface area contributed by atoms with Gasteiger partial charge in [0.1, 0.15) is 0 Å². The normalized spacial score (nSPS) is 16.8. The topological polar surface area (TPSA) is 60.2 Å². The van der Waals surface area contributed by atoms with E-state index in [4.69, 9.17) is 5.73 Å². The second kappa shape index (κ2) is 5.07. The molecule has 0 aliphatic carbocycles. The van der Waals surface area contributed by atoms with Crippen LogP contribution >= 0.6 is 11.8 Å². The molecule has 0 radical (unpaired) electrons. The van der Waals surface area contributed by atoms with E-state index in [1.165, 1.54) is 5.41 Å². The molecule has 5 heteroatoms. The zero-order valence-corrected chi connectivity index (χ0v) is 12.1. The highest BCUT2D eigenvalue weighted by atomic mass is 32.2. The van der Waals surface area contributed by atoms with Gasteiger partial charge in [-0.15, -0.1) is 0 Å². The Hall–Kier alpha value is -0.780. The van der Waals surface area contributed by atoms with Gasteiger partial charge in [-0.05, 0) is 28.0 Å². The smallest absolute Gasteiger partial charge is 0.200 e. The summed E-state index contributed by atoms with van der Waals surface area (Å²) < 4.78 is 24.1. The van der Waals surface area contributed by atoms with Crippen LogP contribution in [0.3, 0.4) is 0 Å². The van der Waals surface area contributed by atoms with Gasteiger partial charge in [-0.2, -0.15) is 11.8 Å². The number of sulfone groups is 1. The van der Waals surface area contributed by atoms with Gasteiger partial charge in [-0.25, -0.2) is 8.42 Å². The Kier molecular flexibility index (Phi) is 3.84. The molecular weight excluding hydrogens is 266 g/mol. The van der Waals surface area contributed by atoms with E-state index in [0.717, 1.165) is 22.5 Å². The Morgan fingerprint density at radius 2 is 2.06 bits per heavy atom. The first-order valence-electron chi connectivity index (χ1n) is 5.84. The van der Waals surface area contributed by atoms with Crippen molar-refractivity contribution in [1.29, 1.82) is 0 Å². The molecule has 0 saturated carbocycles. The number of rotatable bonds is 4. The minimum absolute atomic E-state index is 0.360. The van der Waals surface area contributed by atoms with E-state index in [0.29, 0.717) is 16.7 Å². The van der Waals surface area contributed by atoms with Crippen LogP contribution in [0.2, 0.25) is 0 Å². The third kappa shape index (κ3) is 2.63. The number of benzene rings is 1. The van der Waals surface area contributed by atoms with Crippen LogP contribution in [0.5, 0.6) is 0 Å². The minimum Gasteiger partial charge on any atom is -0.326 e. The molecule has 18 heavy (non-hydrogen) atoms. The van der Waals surface area contributed by atoms with Crippen LogP contribution < -0.4 is 5.73 Å². The first-order valence-corrected chi connectivity index (χ1v) is 8.44. The maximum atomic E-state index is 12.0. The van der Waals surface area contributed by atoms with Crippen molar-refractivity contribution in [2.75, 3.05) is 5.75 Å². The lowest BCUT2D eigenvalue weighted by molar-refractivity contribution is 0.605. The van der Waals surface area contributed by atoms with Gasteiger partial charge in [0.25, 0.3) is 0 Å². The lowest BCUT2D eigenvalue weighted by atomic mass is 10.1. The zero-order chi connectivity index (χ0) is 13.3. The second-order valence-electron chi connectivity index (χ2n) is 4.58. The molecule has 0 spiro atoms. The van der Waals surface area contributed by atoms with E-state index in [1.54, 1.807) is 17.8 Å². The van der Waals surface area contributed by atoms with Crippen molar-refractivity contribution in [3.8, 4) is 0 Å². The van der Waals surface area contributed by atoms with E-state index in [-0.39, 0.29) is 0 Å². The molecule has 1 aromatic carbocycles. The first kappa shape index (κ1) is 13.6. The molecule has 2 rings (SSSR count). The fraction of sp³-hybridized carbons (Fsp3) is 0.385. The number of hydrogen-bond donors (Lipinski definition) is 1. The highest BCUT2D eigenvalue weighted by Gasteiger charge is 2.26. The highest BCUT2D eigenvalue weighted by molar-refractivity contribution is 8.00. The average molecular weight is 283 g/mol. The van der Waals surface area contributed by atoms with Gasteiger partial charge in [0.05, 0.1) is 4.90 Å². The molecule has 0 saturated heterocycles. The fourth-order valence-corrected chi connectivity index (χ4v) is 4.27. The van der Waals surface area contributed by atoms with Crippen LogP contribution in [-0.2, 0) is 16.4 Å². The van der Waals surface area contributed by atoms with Crippen molar-refractivity contribution in [2.45, 2.75) is 30.5 Å². The fourth-order valence-electron chi connectivity index (χ4n) is 1.88. The third-order valence-electron chi connectivity index (χ3n) is 2.80. The lowest BCUT2D eigenvalue weighted by Gasteiger charge is -2.07. The predicted molar refractivity (Wildman–Crippen MR) is 77.1 cm³/mol. The quantitative estimate of drug-likeness (QED) is 0.922. The Morgan fingerprint density at radius 1 is 1.33 bits per heavy atom. The van der Waals surface area contributed by atoms with E-state index >= 15 is 0 Å². The molecule has 0 bridgehead atoms. The Balaban J connectivity index is 2.39. The molecule has 98 valence electrons. The summed E-state index contributed by atoms with van der Waals surface area (Å²) in [6.07, 6.45) is 0. The molecule has 1 heterocycles. The average Bonchev–Trinajstić information content (AvgIpc) is 2.58. The van der Waals surface area contributed by atoms with Gasteiger partial charge in [-0.3, -0.25) is 0 Å². The van der Waals surface area contributed by atoms with Crippen LogP contribution in [0.1, 0.15) is 25.0 Å². The molecule has 1 aliphatic heterocycles. The van der Waals surface area contributed by atoms with Crippen LogP contribution in [-0.4, -0.2) is 19.4 Å². The third-order valence-corrected chi connectivity index (χ3v) is 5.49. The standard InChI is InChI=1S/C13H17NO2S2/c1-9(2)17-7-11-8-18(15,16)13-5-10(6-14)3-4-12(11)13/h3-5,8-9H,6-7,14H2,1-2H3. The molecule has 0 atom stereocenters. The van der Waals surface area contributed by atoms with Gasteiger partial charge in [0.15, 0.2) is 0 Å². The highest BCUT2D eigenvalue weighted by Crippen LogP contribution is 2.36. The maximum Gasteiger partial charge on any atom is 0.200 e. The summed E-state index contributed by atoms with van der Waals surface area (Å²) in [7, 11) is -3.27. The molecule has 1 aromatic rings. The number of nitrogens with two attached hydrogens (primary N) is 1. The number of fused-ring (bicyclic) bond motifs is 1. The van der Waals surface area contributed by atoms with Crippen molar-refractivity contribution < 1.29 is 8.42 Å². The second-order valence-corrected chi connectivity index (χ2v) is 7.91. The summed E-state index contributed by atoms with van der Waals surface area (Å²) in [5.74, 6) is 0.728. The summed E-state index contributed by atoms with van der Waals surface area (Å²) in [6, 6.07) is 5.45. The van der Waals surface area contributed by atoms with Gasteiger partial charge >= 0.3 is 0 Å². The molecule has 0 unspecified atom stereocenters. The molecular formula is C13H17NO2S2. The van der Waals surface area contributed by atoms with Crippen molar-refractivity contribution in [2.24, 2.45) is 5.73 Å². The van der Waals surface area contributed by atoms with Crippen molar-refractivity contribution in [3.63, 3.8) is 0 Å². The number of hydrogen-bond acceptors (Lipinski definition) is 4. The first-order chi connectivity index (χ1) is 8.44. The Bertz CT molecular complexity index is 589. The molecule has 0 aromatic heterocycles. The van der Waals surface area contributed by atoms with Crippen LogP contribution in [0, 0.1) is 0 Å². The summed E-state index contributed by atoms with van der Waals surface area (Å²) in [6.45, 7) is 4.57. The van der Waals surface area contributed by atoms with E-state index in [9.17, 15) is 8.42 Å². The largest absolute Gasteiger partial charge is 0.326 e. The monoisotopic (exact) mass is 283 g/mol. The lowest BCUT2D eigenvalue weighted by Crippen LogP contribution is -2.00. The van der Waals surface area contributed by atoms with Crippen molar-refractivity contribution in [3.05, 3.63) is 34.7 Å². The maximum absolute atomic E-state index is 12.0. The van der Waals surface area contributed by atoms with Gasteiger partial charge in [-0.1, -0.05) is 26.0 Å². The van der Waals surface area contributed by atoms with Crippen LogP contribution in [0.25, 0.3) is 5.57 Å². The van der Waals surface area contributed by atoms with Crippen molar-refractivity contribution >= 4 is 27.2 Å². The van der Waals surface area contributed by atoms with Crippen LogP contribution in [0.4, 0.5) is 0 Å². The summed E-state index contributed by atoms with van der Waals surface area (Å²) >= 11 is 1.75. The Morgan fingerprint density at radius 3 is 2.67 bits per heavy atom. The molecule has 0 fully saturated rings. The summed E-state index contributed by atoms with van der Waals surface area (Å²) in [5, 5.41) is 1.88. The van der Waals surface area contributed by atoms with Crippen molar-refractivity contribution in [1.82, 2.24) is 0 Å². The van der Waals surface area contributed by atoms with Gasteiger partial charge in [0, 0.05) is 17.7 Å². The predicted octanol–water partition coefficient (Wildman–Crippen LogP) is 2.42. The molecule has 3 nitrogen and oxygen atoms in total. The molecule has 1 aliphatic rings. The van der Waals surface area contributed by atoms with Gasteiger partial charge < -0.3 is 5.73 Å². The SMILES string of the molecule is CC(C)SCC1=CS(=O)(=O)c2cc(CN)ccc21. The van der Waals surface area contributed by atoms with Gasteiger partial charge in [0.2, 0.25) is 9.84 Å². The molecule has 2 N–H and O–H groups in total. The Labute approximate surface area is 112 Å². The number of thioether (sulfide) groups is 1. The van der Waals surface area contributed by atoms with E-state index in [2.05, 4.69) is 13.8 Å². The zero-order valence-electron chi connectivity index (χ0n) is 10.5. The van der Waals surface area contributed by atoms with Crippen LogP contribution in [0.15, 0.2) is 28.5 Å². The summed E-state index contributed by atoms with van der Waals surface area (Å²) in [4.78, 5) is 0.407. The summed E-state index contributed by atoms with van der Waals surface area (Å²) in [5.41, 5.74) is 8.13.